The molecule has 0 aliphatic heterocycles. The summed E-state index contributed by atoms with van der Waals surface area (Å²) in [5, 5.41) is 3.92. The van der Waals surface area contributed by atoms with Gasteiger partial charge >= 0.3 is 0 Å². The van der Waals surface area contributed by atoms with Crippen LogP contribution >= 0.6 is 11.6 Å². The molecule has 2 rings (SSSR count). The highest BCUT2D eigenvalue weighted by Gasteiger charge is 2.03. The van der Waals surface area contributed by atoms with Crippen LogP contribution in [0.2, 0.25) is 5.02 Å². The fraction of sp³-hybridized carbons (Fsp3) is 0.143. The van der Waals surface area contributed by atoms with Gasteiger partial charge in [-0.15, -0.1) is 6.58 Å². The summed E-state index contributed by atoms with van der Waals surface area (Å²) in [4.78, 5) is 0. The van der Waals surface area contributed by atoms with Gasteiger partial charge in [0, 0.05) is 17.1 Å². The monoisotopic (exact) mass is 282 g/mol. The first-order valence-electron chi connectivity index (χ1n) is 5.46. The fourth-order valence-corrected chi connectivity index (χ4v) is 1.67. The molecule has 0 aliphatic rings. The zero-order chi connectivity index (χ0) is 12.1. The third kappa shape index (κ3) is 3.91. The topological polar surface area (TPSA) is 25.2 Å². The van der Waals surface area contributed by atoms with E-state index in [4.69, 9.17) is 16.0 Å². The first-order valence-corrected chi connectivity index (χ1v) is 5.83. The zero-order valence-corrected chi connectivity index (χ0v) is 11.3. The minimum absolute atomic E-state index is 0. The molecular weight excluding hydrogens is 269 g/mol. The molecule has 2 nitrogen and oxygen atoms in total. The first kappa shape index (κ1) is 14.8. The van der Waals surface area contributed by atoms with Crippen molar-refractivity contribution in [1.82, 2.24) is 5.32 Å². The van der Waals surface area contributed by atoms with Crippen molar-refractivity contribution in [2.75, 3.05) is 6.54 Å². The Morgan fingerprint density at radius 1 is 1.17 bits per heavy atom. The molecule has 0 radical (unpaired) electrons. The average Bonchev–Trinajstić information content (AvgIpc) is 2.79. The third-order valence-electron chi connectivity index (χ3n) is 2.38. The Hall–Kier alpha value is -1.22. The van der Waals surface area contributed by atoms with Crippen LogP contribution in [0, 0.1) is 0 Å². The molecule has 0 spiro atoms. The molecule has 0 amide bonds. The lowest BCUT2D eigenvalue weighted by Crippen LogP contribution is -3.00. The lowest BCUT2D eigenvalue weighted by Gasteiger charge is -1.99. The summed E-state index contributed by atoms with van der Waals surface area (Å²) in [5.74, 6) is 1.77. The summed E-state index contributed by atoms with van der Waals surface area (Å²) in [6.07, 6.45) is 1.82. The molecule has 2 aromatic rings. The molecule has 1 N–H and O–H groups in total. The second-order valence-corrected chi connectivity index (χ2v) is 4.13. The Morgan fingerprint density at radius 3 is 2.56 bits per heavy atom. The Bertz CT molecular complexity index is 491. The van der Waals surface area contributed by atoms with Crippen LogP contribution in [0.25, 0.3) is 11.3 Å². The highest BCUT2D eigenvalue weighted by Crippen LogP contribution is 2.23. The van der Waals surface area contributed by atoms with Crippen molar-refractivity contribution in [1.29, 1.82) is 0 Å². The van der Waals surface area contributed by atoms with Gasteiger partial charge in [-0.3, -0.25) is 0 Å². The van der Waals surface area contributed by atoms with Gasteiger partial charge < -0.3 is 22.1 Å². The van der Waals surface area contributed by atoms with Crippen molar-refractivity contribution < 1.29 is 16.8 Å². The van der Waals surface area contributed by atoms with E-state index < -0.39 is 0 Å². The quantitative estimate of drug-likeness (QED) is 0.651. The van der Waals surface area contributed by atoms with Crippen molar-refractivity contribution in [3.05, 3.63) is 59.8 Å². The van der Waals surface area contributed by atoms with Crippen molar-refractivity contribution in [3.8, 4) is 11.3 Å². The maximum atomic E-state index is 5.84. The zero-order valence-electron chi connectivity index (χ0n) is 9.83. The van der Waals surface area contributed by atoms with Gasteiger partial charge in [0.25, 0.3) is 0 Å². The normalized spacial score (nSPS) is 9.83. The Morgan fingerprint density at radius 2 is 1.89 bits per heavy atom. The van der Waals surface area contributed by atoms with Gasteiger partial charge in [-0.1, -0.05) is 17.7 Å². The summed E-state index contributed by atoms with van der Waals surface area (Å²) in [5.41, 5.74) is 1.03. The van der Waals surface area contributed by atoms with Crippen LogP contribution in [-0.4, -0.2) is 6.54 Å². The maximum Gasteiger partial charge on any atom is 0.134 e. The van der Waals surface area contributed by atoms with Gasteiger partial charge in [0.2, 0.25) is 0 Å². The molecule has 1 heterocycles. The second kappa shape index (κ2) is 7.27. The average molecular weight is 283 g/mol. The van der Waals surface area contributed by atoms with Crippen LogP contribution in [0.15, 0.2) is 53.5 Å². The minimum atomic E-state index is 0. The number of nitrogens with one attached hydrogen (secondary N) is 1. The van der Waals surface area contributed by atoms with E-state index in [9.17, 15) is 0 Å². The van der Waals surface area contributed by atoms with Crippen LogP contribution < -0.4 is 17.7 Å². The smallest absolute Gasteiger partial charge is 0.134 e. The van der Waals surface area contributed by atoms with E-state index in [0.717, 1.165) is 28.7 Å². The van der Waals surface area contributed by atoms with Crippen LogP contribution in [-0.2, 0) is 6.54 Å². The van der Waals surface area contributed by atoms with Crippen LogP contribution in [0.5, 0.6) is 0 Å². The summed E-state index contributed by atoms with van der Waals surface area (Å²) in [6, 6.07) is 11.5. The molecule has 1 aromatic carbocycles. The predicted molar refractivity (Wildman–Crippen MR) is 71.1 cm³/mol. The second-order valence-electron chi connectivity index (χ2n) is 3.69. The van der Waals surface area contributed by atoms with E-state index in [1.54, 1.807) is 0 Å². The summed E-state index contributed by atoms with van der Waals surface area (Å²) in [7, 11) is 0. The van der Waals surface area contributed by atoms with E-state index in [1.165, 1.54) is 0 Å². The Labute approximate surface area is 118 Å². The molecule has 1 aromatic heterocycles. The standard InChI is InChI=1S/C14H14ClNO.ClH/c1-2-9-16-10-13-7-8-14(17-13)11-3-5-12(15)6-4-11;/h2-8,16H,1,9-10H2;1H/p-1. The number of benzene rings is 1. The van der Waals surface area contributed by atoms with Crippen LogP contribution in [0.1, 0.15) is 5.76 Å². The molecule has 96 valence electrons. The van der Waals surface area contributed by atoms with E-state index in [-0.39, 0.29) is 12.4 Å². The SMILES string of the molecule is C=CCNCc1ccc(-c2ccc(Cl)cc2)o1.[Cl-]. The highest BCUT2D eigenvalue weighted by atomic mass is 35.5. The molecule has 0 bridgehead atoms. The summed E-state index contributed by atoms with van der Waals surface area (Å²) < 4.78 is 5.72. The number of furan rings is 1. The molecule has 0 unspecified atom stereocenters. The minimum Gasteiger partial charge on any atom is -1.00 e. The summed E-state index contributed by atoms with van der Waals surface area (Å²) >= 11 is 5.84. The van der Waals surface area contributed by atoms with Crippen molar-refractivity contribution in [2.24, 2.45) is 0 Å². The Kier molecular flexibility index (Phi) is 5.99. The van der Waals surface area contributed by atoms with Gasteiger partial charge in [-0.25, -0.2) is 0 Å². The first-order chi connectivity index (χ1) is 8.29. The summed E-state index contributed by atoms with van der Waals surface area (Å²) in [6.45, 7) is 5.13. The molecule has 0 atom stereocenters. The van der Waals surface area contributed by atoms with Gasteiger partial charge in [-0.05, 0) is 36.4 Å². The third-order valence-corrected chi connectivity index (χ3v) is 2.63. The van der Waals surface area contributed by atoms with E-state index in [0.29, 0.717) is 6.54 Å². The number of halogens is 2. The molecule has 0 saturated heterocycles. The van der Waals surface area contributed by atoms with Gasteiger partial charge in [0.1, 0.15) is 11.5 Å². The van der Waals surface area contributed by atoms with Gasteiger partial charge in [0.15, 0.2) is 0 Å². The lowest BCUT2D eigenvalue weighted by atomic mass is 10.2. The molecule has 0 fully saturated rings. The molecule has 0 aliphatic carbocycles. The van der Waals surface area contributed by atoms with E-state index in [1.807, 2.05) is 42.5 Å². The van der Waals surface area contributed by atoms with Crippen LogP contribution in [0.4, 0.5) is 0 Å². The predicted octanol–water partition coefficient (Wildman–Crippen LogP) is 0.880. The lowest BCUT2D eigenvalue weighted by molar-refractivity contribution is -0.00000391. The van der Waals surface area contributed by atoms with Crippen LogP contribution in [0.3, 0.4) is 0 Å². The van der Waals surface area contributed by atoms with Crippen molar-refractivity contribution in [3.63, 3.8) is 0 Å². The molecule has 0 saturated carbocycles. The maximum absolute atomic E-state index is 5.84. The number of hydrogen-bond acceptors (Lipinski definition) is 2. The van der Waals surface area contributed by atoms with Gasteiger partial charge in [-0.2, -0.15) is 0 Å². The van der Waals surface area contributed by atoms with Gasteiger partial charge in [0.05, 0.1) is 6.54 Å². The molecule has 4 heteroatoms. The van der Waals surface area contributed by atoms with Crippen molar-refractivity contribution in [2.45, 2.75) is 6.54 Å². The van der Waals surface area contributed by atoms with Crippen molar-refractivity contribution >= 4 is 11.6 Å². The van der Waals surface area contributed by atoms with E-state index >= 15 is 0 Å². The van der Waals surface area contributed by atoms with E-state index in [2.05, 4.69) is 11.9 Å². The molecular formula is C14H14Cl2NO-. The molecule has 18 heavy (non-hydrogen) atoms. The highest BCUT2D eigenvalue weighted by molar-refractivity contribution is 6.30. The Balaban J connectivity index is 0.00000162. The number of rotatable bonds is 5. The largest absolute Gasteiger partial charge is 1.00 e. The number of hydrogen-bond donors (Lipinski definition) is 1. The fourth-order valence-electron chi connectivity index (χ4n) is 1.54.